The Balaban J connectivity index is 1.87. The number of furan rings is 1. The van der Waals surface area contributed by atoms with Crippen molar-refractivity contribution in [1.82, 2.24) is 5.32 Å². The molecule has 1 heterocycles. The summed E-state index contributed by atoms with van der Waals surface area (Å²) in [5, 5.41) is 13.9. The Hall–Kier alpha value is -2.54. The first-order valence-electron chi connectivity index (χ1n) is 8.45. The summed E-state index contributed by atoms with van der Waals surface area (Å²) in [5.74, 6) is 0.522. The molecule has 1 amide bonds. The molecule has 0 unspecified atom stereocenters. The molecule has 26 heavy (non-hydrogen) atoms. The number of nitro groups is 1. The lowest BCUT2D eigenvalue weighted by Gasteiger charge is -2.06. The van der Waals surface area contributed by atoms with E-state index in [9.17, 15) is 14.9 Å². The van der Waals surface area contributed by atoms with Crippen molar-refractivity contribution in [3.05, 3.63) is 57.0 Å². The van der Waals surface area contributed by atoms with Crippen molar-refractivity contribution in [2.75, 3.05) is 6.54 Å². The Labute approximate surface area is 156 Å². The van der Waals surface area contributed by atoms with Crippen LogP contribution in [0.15, 0.2) is 34.7 Å². The fourth-order valence-corrected chi connectivity index (χ4v) is 2.46. The van der Waals surface area contributed by atoms with Crippen LogP contribution in [0.2, 0.25) is 5.02 Å². The topological polar surface area (TPSA) is 94.6 Å². The second kappa shape index (κ2) is 9.82. The van der Waals surface area contributed by atoms with Gasteiger partial charge in [0.05, 0.1) is 16.0 Å². The number of unbranched alkanes of at least 4 members (excludes halogenated alkanes) is 3. The highest BCUT2D eigenvalue weighted by Crippen LogP contribution is 2.29. The number of hydrogen-bond donors (Lipinski definition) is 1. The third-order valence-corrected chi connectivity index (χ3v) is 4.01. The molecule has 1 N–H and O–H groups in total. The molecule has 0 saturated carbocycles. The Morgan fingerprint density at radius 1 is 1.27 bits per heavy atom. The first kappa shape index (κ1) is 19.8. The lowest BCUT2D eigenvalue weighted by Crippen LogP contribution is -2.23. The Morgan fingerprint density at radius 2 is 2.08 bits per heavy atom. The average Bonchev–Trinajstić information content (AvgIpc) is 3.09. The number of carbonyl (C=O) groups is 1. The van der Waals surface area contributed by atoms with Crippen molar-refractivity contribution in [2.45, 2.75) is 39.2 Å². The van der Waals surface area contributed by atoms with E-state index in [1.807, 2.05) is 0 Å². The molecule has 7 nitrogen and oxygen atoms in total. The van der Waals surface area contributed by atoms with E-state index in [-0.39, 0.29) is 34.7 Å². The molecular weight excluding hydrogens is 360 g/mol. The first-order valence-corrected chi connectivity index (χ1v) is 8.82. The Kier molecular flexibility index (Phi) is 7.47. The summed E-state index contributed by atoms with van der Waals surface area (Å²) >= 11 is 5.97. The molecule has 0 aliphatic heterocycles. The van der Waals surface area contributed by atoms with Gasteiger partial charge in [0.1, 0.15) is 18.1 Å². The number of halogens is 1. The van der Waals surface area contributed by atoms with Gasteiger partial charge in [-0.2, -0.15) is 0 Å². The van der Waals surface area contributed by atoms with Crippen LogP contribution in [-0.4, -0.2) is 17.4 Å². The van der Waals surface area contributed by atoms with Gasteiger partial charge < -0.3 is 14.5 Å². The number of nitrogens with zero attached hydrogens (tertiary/aromatic N) is 1. The van der Waals surface area contributed by atoms with Crippen LogP contribution in [0.25, 0.3) is 0 Å². The number of non-ortho nitro benzene ring substituents is 1. The molecule has 0 aliphatic carbocycles. The summed E-state index contributed by atoms with van der Waals surface area (Å²) in [5.41, 5.74) is -0.119. The molecule has 2 aromatic rings. The monoisotopic (exact) mass is 380 g/mol. The van der Waals surface area contributed by atoms with Crippen LogP contribution in [0.3, 0.4) is 0 Å². The predicted octanol–water partition coefficient (Wildman–Crippen LogP) is 4.73. The Morgan fingerprint density at radius 3 is 2.81 bits per heavy atom. The highest BCUT2D eigenvalue weighted by Gasteiger charge is 2.13. The minimum Gasteiger partial charge on any atom is -0.484 e. The van der Waals surface area contributed by atoms with Gasteiger partial charge in [0.25, 0.3) is 11.6 Å². The minimum absolute atomic E-state index is 0.00463. The molecule has 1 aromatic heterocycles. The molecule has 0 spiro atoms. The normalized spacial score (nSPS) is 10.5. The fraction of sp³-hybridized carbons (Fsp3) is 0.389. The minimum atomic E-state index is -0.529. The number of hydrogen-bond acceptors (Lipinski definition) is 5. The summed E-state index contributed by atoms with van der Waals surface area (Å²) in [4.78, 5) is 22.3. The second-order valence-corrected chi connectivity index (χ2v) is 6.15. The van der Waals surface area contributed by atoms with E-state index < -0.39 is 4.92 Å². The van der Waals surface area contributed by atoms with Crippen molar-refractivity contribution in [3.63, 3.8) is 0 Å². The van der Waals surface area contributed by atoms with E-state index >= 15 is 0 Å². The van der Waals surface area contributed by atoms with Gasteiger partial charge in [-0.15, -0.1) is 0 Å². The van der Waals surface area contributed by atoms with E-state index in [1.54, 1.807) is 12.1 Å². The number of nitro benzene ring substituents is 1. The lowest BCUT2D eigenvalue weighted by molar-refractivity contribution is -0.384. The van der Waals surface area contributed by atoms with Gasteiger partial charge in [-0.1, -0.05) is 37.8 Å². The molecule has 140 valence electrons. The molecule has 0 bridgehead atoms. The summed E-state index contributed by atoms with van der Waals surface area (Å²) in [6, 6.07) is 7.13. The maximum atomic E-state index is 12.0. The van der Waals surface area contributed by atoms with Crippen LogP contribution >= 0.6 is 11.6 Å². The standard InChI is InChI=1S/C18H21ClN2O5/c1-2-3-4-5-10-20-18(22)16-9-7-14(26-16)12-25-17-11-13(21(23)24)6-8-15(17)19/h6-9,11H,2-5,10,12H2,1H3,(H,20,22). The van der Waals surface area contributed by atoms with Gasteiger partial charge in [-0.25, -0.2) is 0 Å². The number of benzene rings is 1. The number of amides is 1. The zero-order valence-corrected chi connectivity index (χ0v) is 15.3. The van der Waals surface area contributed by atoms with Crippen LogP contribution in [-0.2, 0) is 6.61 Å². The zero-order valence-electron chi connectivity index (χ0n) is 14.5. The average molecular weight is 381 g/mol. The summed E-state index contributed by atoms with van der Waals surface area (Å²) < 4.78 is 10.9. The second-order valence-electron chi connectivity index (χ2n) is 5.74. The molecule has 2 rings (SSSR count). The smallest absolute Gasteiger partial charge is 0.286 e. The first-order chi connectivity index (χ1) is 12.5. The summed E-state index contributed by atoms with van der Waals surface area (Å²) in [7, 11) is 0. The van der Waals surface area contributed by atoms with E-state index in [0.717, 1.165) is 25.7 Å². The van der Waals surface area contributed by atoms with Gasteiger partial charge in [0, 0.05) is 12.6 Å². The quantitative estimate of drug-likeness (QED) is 0.365. The van der Waals surface area contributed by atoms with Crippen molar-refractivity contribution in [1.29, 1.82) is 0 Å². The van der Waals surface area contributed by atoms with Gasteiger partial charge in [0.2, 0.25) is 0 Å². The number of carbonyl (C=O) groups excluding carboxylic acids is 1. The third kappa shape index (κ3) is 5.77. The van der Waals surface area contributed by atoms with Crippen molar-refractivity contribution >= 4 is 23.2 Å². The van der Waals surface area contributed by atoms with Crippen molar-refractivity contribution in [3.8, 4) is 5.75 Å². The summed E-state index contributed by atoms with van der Waals surface area (Å²) in [6.07, 6.45) is 4.31. The van der Waals surface area contributed by atoms with Crippen molar-refractivity contribution < 1.29 is 18.9 Å². The highest BCUT2D eigenvalue weighted by atomic mass is 35.5. The van der Waals surface area contributed by atoms with Crippen LogP contribution in [0.5, 0.6) is 5.75 Å². The molecule has 0 saturated heterocycles. The van der Waals surface area contributed by atoms with E-state index in [0.29, 0.717) is 12.3 Å². The van der Waals surface area contributed by atoms with Crippen molar-refractivity contribution in [2.24, 2.45) is 0 Å². The molecular formula is C18H21ClN2O5. The summed E-state index contributed by atoms with van der Waals surface area (Å²) in [6.45, 7) is 2.74. The van der Waals surface area contributed by atoms with Gasteiger partial charge in [-0.3, -0.25) is 14.9 Å². The largest absolute Gasteiger partial charge is 0.484 e. The van der Waals surface area contributed by atoms with Crippen LogP contribution in [0, 0.1) is 10.1 Å². The molecule has 0 radical (unpaired) electrons. The van der Waals surface area contributed by atoms with E-state index in [2.05, 4.69) is 12.2 Å². The third-order valence-electron chi connectivity index (χ3n) is 3.70. The van der Waals surface area contributed by atoms with E-state index in [1.165, 1.54) is 18.2 Å². The van der Waals surface area contributed by atoms with Crippen LogP contribution in [0.1, 0.15) is 48.9 Å². The molecule has 8 heteroatoms. The highest BCUT2D eigenvalue weighted by molar-refractivity contribution is 6.32. The molecule has 0 aliphatic rings. The number of nitrogens with one attached hydrogen (secondary N) is 1. The van der Waals surface area contributed by atoms with Gasteiger partial charge in [0.15, 0.2) is 5.76 Å². The molecule has 0 atom stereocenters. The number of rotatable bonds is 10. The van der Waals surface area contributed by atoms with Gasteiger partial charge in [-0.05, 0) is 24.6 Å². The van der Waals surface area contributed by atoms with Crippen LogP contribution < -0.4 is 10.1 Å². The van der Waals surface area contributed by atoms with Gasteiger partial charge >= 0.3 is 0 Å². The fourth-order valence-electron chi connectivity index (χ4n) is 2.28. The predicted molar refractivity (Wildman–Crippen MR) is 97.6 cm³/mol. The maximum absolute atomic E-state index is 12.0. The molecule has 0 fully saturated rings. The zero-order chi connectivity index (χ0) is 18.9. The molecule has 1 aromatic carbocycles. The number of ether oxygens (including phenoxy) is 1. The Bertz CT molecular complexity index is 760. The van der Waals surface area contributed by atoms with Crippen LogP contribution in [0.4, 0.5) is 5.69 Å². The van der Waals surface area contributed by atoms with E-state index in [4.69, 9.17) is 20.8 Å². The maximum Gasteiger partial charge on any atom is 0.286 e. The SMILES string of the molecule is CCCCCCNC(=O)c1ccc(COc2cc([N+](=O)[O-])ccc2Cl)o1. The lowest BCUT2D eigenvalue weighted by atomic mass is 10.2.